The minimum atomic E-state index is -3.23. The number of sulfone groups is 1. The fourth-order valence-corrected chi connectivity index (χ4v) is 5.36. The maximum atomic E-state index is 12.4. The van der Waals surface area contributed by atoms with E-state index in [1.807, 2.05) is 36.4 Å². The molecule has 0 fully saturated rings. The molecule has 92 valence electrons. The summed E-state index contributed by atoms with van der Waals surface area (Å²) >= 11 is 2.32. The van der Waals surface area contributed by atoms with Gasteiger partial charge in [0.1, 0.15) is 0 Å². The summed E-state index contributed by atoms with van der Waals surface area (Å²) in [4.78, 5) is 0.473. The Balaban J connectivity index is 2.35. The van der Waals surface area contributed by atoms with Gasteiger partial charge in [-0.3, -0.25) is 0 Å². The molecular weight excluding hydrogens is 359 g/mol. The second kappa shape index (κ2) is 4.35. The van der Waals surface area contributed by atoms with Crippen LogP contribution in [0.2, 0.25) is 0 Å². The maximum absolute atomic E-state index is 12.4. The van der Waals surface area contributed by atoms with Crippen LogP contribution in [0.5, 0.6) is 0 Å². The molecule has 18 heavy (non-hydrogen) atoms. The molecule has 4 heteroatoms. The third kappa shape index (κ3) is 1.87. The zero-order valence-corrected chi connectivity index (χ0v) is 12.5. The van der Waals surface area contributed by atoms with E-state index in [4.69, 9.17) is 0 Å². The van der Waals surface area contributed by atoms with Crippen LogP contribution in [-0.4, -0.2) is 8.42 Å². The molecule has 0 radical (unpaired) electrons. The predicted octanol–water partition coefficient (Wildman–Crippen LogP) is 3.50. The first kappa shape index (κ1) is 12.2. The third-order valence-corrected chi connectivity index (χ3v) is 6.28. The molecular formula is C14H11IO2S. The zero-order valence-electron chi connectivity index (χ0n) is 9.51. The Morgan fingerprint density at radius 1 is 0.944 bits per heavy atom. The second-order valence-electron chi connectivity index (χ2n) is 4.36. The molecule has 1 aliphatic heterocycles. The van der Waals surface area contributed by atoms with Crippen molar-refractivity contribution in [3.05, 3.63) is 65.2 Å². The molecule has 0 N–H and O–H groups in total. The summed E-state index contributed by atoms with van der Waals surface area (Å²) in [7, 11) is -3.23. The highest BCUT2D eigenvalue weighted by Crippen LogP contribution is 2.41. The smallest absolute Gasteiger partial charge is 0.182 e. The van der Waals surface area contributed by atoms with Crippen LogP contribution in [0.25, 0.3) is 0 Å². The molecule has 1 aliphatic rings. The largest absolute Gasteiger partial charge is 0.223 e. The molecule has 0 spiro atoms. The average molecular weight is 370 g/mol. The van der Waals surface area contributed by atoms with Gasteiger partial charge in [0.2, 0.25) is 0 Å². The van der Waals surface area contributed by atoms with Crippen LogP contribution in [0.4, 0.5) is 0 Å². The molecule has 0 bridgehead atoms. The number of fused-ring (bicyclic) bond motifs is 2. The van der Waals surface area contributed by atoms with Gasteiger partial charge in [0, 0.05) is 0 Å². The molecule has 0 saturated heterocycles. The summed E-state index contributed by atoms with van der Waals surface area (Å²) in [5, 5.41) is 0. The van der Waals surface area contributed by atoms with Crippen LogP contribution in [0.15, 0.2) is 53.4 Å². The molecule has 0 aliphatic carbocycles. The van der Waals surface area contributed by atoms with Gasteiger partial charge in [-0.05, 0) is 22.8 Å². The molecule has 2 aromatic carbocycles. The SMILES string of the molecule is O=S1(=O)Cc2ccccc2C(I)c2ccccc21. The van der Waals surface area contributed by atoms with Gasteiger partial charge in [0.15, 0.2) is 9.84 Å². The molecule has 0 saturated carbocycles. The van der Waals surface area contributed by atoms with Crippen molar-refractivity contribution in [3.63, 3.8) is 0 Å². The lowest BCUT2D eigenvalue weighted by atomic mass is 10.0. The quantitative estimate of drug-likeness (QED) is 0.526. The lowest BCUT2D eigenvalue weighted by molar-refractivity contribution is 0.595. The molecule has 0 amide bonds. The fraction of sp³-hybridized carbons (Fsp3) is 0.143. The van der Waals surface area contributed by atoms with Gasteiger partial charge in [-0.25, -0.2) is 8.42 Å². The Morgan fingerprint density at radius 3 is 2.33 bits per heavy atom. The highest BCUT2D eigenvalue weighted by molar-refractivity contribution is 14.1. The van der Waals surface area contributed by atoms with Gasteiger partial charge in [-0.2, -0.15) is 0 Å². The van der Waals surface area contributed by atoms with Crippen molar-refractivity contribution in [1.82, 2.24) is 0 Å². The van der Waals surface area contributed by atoms with Gasteiger partial charge in [-0.15, -0.1) is 0 Å². The highest BCUT2D eigenvalue weighted by Gasteiger charge is 2.29. The first-order valence-corrected chi connectivity index (χ1v) is 8.53. The second-order valence-corrected chi connectivity index (χ2v) is 7.56. The van der Waals surface area contributed by atoms with Gasteiger partial charge in [-0.1, -0.05) is 65.1 Å². The topological polar surface area (TPSA) is 34.1 Å². The Hall–Kier alpha value is -0.880. The fourth-order valence-electron chi connectivity index (χ4n) is 2.34. The van der Waals surface area contributed by atoms with Crippen molar-refractivity contribution in [2.45, 2.75) is 14.6 Å². The van der Waals surface area contributed by atoms with Gasteiger partial charge >= 0.3 is 0 Å². The zero-order chi connectivity index (χ0) is 12.8. The summed E-state index contributed by atoms with van der Waals surface area (Å²) in [6.45, 7) is 0. The summed E-state index contributed by atoms with van der Waals surface area (Å²) in [5.41, 5.74) is 2.91. The van der Waals surface area contributed by atoms with E-state index >= 15 is 0 Å². The van der Waals surface area contributed by atoms with Crippen LogP contribution in [0.1, 0.15) is 20.6 Å². The molecule has 1 unspecified atom stereocenters. The number of alkyl halides is 1. The number of halogens is 1. The van der Waals surface area contributed by atoms with E-state index in [2.05, 4.69) is 22.6 Å². The standard InChI is InChI=1S/C14H11IO2S/c15-14-11-6-2-1-5-10(11)9-18(16,17)13-8-4-3-7-12(13)14/h1-8,14H,9H2. The van der Waals surface area contributed by atoms with Crippen molar-refractivity contribution in [3.8, 4) is 0 Å². The van der Waals surface area contributed by atoms with Crippen molar-refractivity contribution in [1.29, 1.82) is 0 Å². The molecule has 3 rings (SSSR count). The van der Waals surface area contributed by atoms with Crippen LogP contribution in [0, 0.1) is 0 Å². The van der Waals surface area contributed by atoms with E-state index in [0.29, 0.717) is 4.90 Å². The van der Waals surface area contributed by atoms with Crippen LogP contribution >= 0.6 is 22.6 Å². The summed E-state index contributed by atoms with van der Waals surface area (Å²) in [5.74, 6) is 0.0969. The van der Waals surface area contributed by atoms with E-state index < -0.39 is 9.84 Å². The van der Waals surface area contributed by atoms with E-state index in [0.717, 1.165) is 16.7 Å². The van der Waals surface area contributed by atoms with Crippen molar-refractivity contribution in [2.75, 3.05) is 0 Å². The third-order valence-electron chi connectivity index (χ3n) is 3.20. The molecule has 0 aromatic heterocycles. The van der Waals surface area contributed by atoms with E-state index in [1.165, 1.54) is 0 Å². The summed E-state index contributed by atoms with van der Waals surface area (Å²) < 4.78 is 24.9. The summed E-state index contributed by atoms with van der Waals surface area (Å²) in [6.07, 6.45) is 0. The Morgan fingerprint density at radius 2 is 1.56 bits per heavy atom. The predicted molar refractivity (Wildman–Crippen MR) is 79.6 cm³/mol. The van der Waals surface area contributed by atoms with Gasteiger partial charge in [0.25, 0.3) is 0 Å². The molecule has 2 aromatic rings. The normalized spacial score (nSPS) is 20.6. The van der Waals surface area contributed by atoms with Crippen LogP contribution in [-0.2, 0) is 15.6 Å². The highest BCUT2D eigenvalue weighted by atomic mass is 127. The average Bonchev–Trinajstić information content (AvgIpc) is 2.45. The number of rotatable bonds is 0. The minimum Gasteiger partial charge on any atom is -0.223 e. The van der Waals surface area contributed by atoms with Crippen molar-refractivity contribution < 1.29 is 8.42 Å². The van der Waals surface area contributed by atoms with Gasteiger partial charge in [0.05, 0.1) is 14.6 Å². The maximum Gasteiger partial charge on any atom is 0.182 e. The number of hydrogen-bond donors (Lipinski definition) is 0. The van der Waals surface area contributed by atoms with Crippen molar-refractivity contribution in [2.24, 2.45) is 0 Å². The lowest BCUT2D eigenvalue weighted by Crippen LogP contribution is -2.04. The lowest BCUT2D eigenvalue weighted by Gasteiger charge is -2.12. The Kier molecular flexibility index (Phi) is 2.94. The van der Waals surface area contributed by atoms with E-state index in [-0.39, 0.29) is 9.68 Å². The van der Waals surface area contributed by atoms with E-state index in [9.17, 15) is 8.42 Å². The first-order chi connectivity index (χ1) is 8.59. The monoisotopic (exact) mass is 370 g/mol. The number of hydrogen-bond acceptors (Lipinski definition) is 2. The molecule has 2 nitrogen and oxygen atoms in total. The first-order valence-electron chi connectivity index (χ1n) is 5.63. The molecule has 1 heterocycles. The summed E-state index contributed by atoms with van der Waals surface area (Å²) in [6, 6.07) is 15.1. The minimum absolute atomic E-state index is 0.0901. The number of benzene rings is 2. The van der Waals surface area contributed by atoms with Crippen LogP contribution in [0.3, 0.4) is 0 Å². The van der Waals surface area contributed by atoms with Gasteiger partial charge < -0.3 is 0 Å². The van der Waals surface area contributed by atoms with Crippen molar-refractivity contribution >= 4 is 32.4 Å². The van der Waals surface area contributed by atoms with Crippen LogP contribution < -0.4 is 0 Å². The Bertz CT molecular complexity index is 707. The Labute approximate surface area is 120 Å². The molecule has 1 atom stereocenters. The van der Waals surface area contributed by atoms with E-state index in [1.54, 1.807) is 12.1 Å².